The molecule has 0 saturated carbocycles. The van der Waals surface area contributed by atoms with Gasteiger partial charge in [0, 0.05) is 10.2 Å². The van der Waals surface area contributed by atoms with Crippen molar-refractivity contribution in [2.24, 2.45) is 0 Å². The largest absolute Gasteiger partial charge is 0.323 e. The summed E-state index contributed by atoms with van der Waals surface area (Å²) in [6.07, 6.45) is 0. The molecule has 20 heavy (non-hydrogen) atoms. The van der Waals surface area contributed by atoms with Gasteiger partial charge in [-0.1, -0.05) is 24.3 Å². The number of urea groups is 1. The van der Waals surface area contributed by atoms with Crippen LogP contribution in [-0.2, 0) is 0 Å². The third-order valence-corrected chi connectivity index (χ3v) is 3.75. The van der Waals surface area contributed by atoms with Crippen molar-refractivity contribution in [3.63, 3.8) is 0 Å². The van der Waals surface area contributed by atoms with Crippen LogP contribution in [0.15, 0.2) is 40.9 Å². The van der Waals surface area contributed by atoms with Crippen molar-refractivity contribution in [2.45, 2.75) is 20.8 Å². The van der Waals surface area contributed by atoms with Gasteiger partial charge in [-0.15, -0.1) is 0 Å². The Morgan fingerprint density at radius 1 is 1.00 bits per heavy atom. The highest BCUT2D eigenvalue weighted by Crippen LogP contribution is 2.24. The summed E-state index contributed by atoms with van der Waals surface area (Å²) in [5.74, 6) is 0. The fraction of sp³-hybridized carbons (Fsp3) is 0.188. The van der Waals surface area contributed by atoms with E-state index in [4.69, 9.17) is 0 Å². The number of anilines is 2. The molecule has 0 saturated heterocycles. The van der Waals surface area contributed by atoms with Gasteiger partial charge < -0.3 is 10.6 Å². The van der Waals surface area contributed by atoms with Crippen molar-refractivity contribution in [3.8, 4) is 0 Å². The minimum Gasteiger partial charge on any atom is -0.307 e. The fourth-order valence-electron chi connectivity index (χ4n) is 2.00. The van der Waals surface area contributed by atoms with Crippen molar-refractivity contribution < 1.29 is 4.79 Å². The standard InChI is InChI=1S/C16H17BrN2O/c1-10-7-8-14(13(17)9-10)18-16(20)19-15-11(2)5-4-6-12(15)3/h4-9H,1-3H3,(H2,18,19,20). The van der Waals surface area contributed by atoms with Crippen molar-refractivity contribution >= 4 is 33.3 Å². The van der Waals surface area contributed by atoms with Crippen LogP contribution in [0.5, 0.6) is 0 Å². The number of halogens is 1. The minimum atomic E-state index is -0.244. The van der Waals surface area contributed by atoms with E-state index in [1.54, 1.807) is 0 Å². The van der Waals surface area contributed by atoms with Crippen molar-refractivity contribution in [2.75, 3.05) is 10.6 Å². The van der Waals surface area contributed by atoms with Crippen LogP contribution in [0.3, 0.4) is 0 Å². The van der Waals surface area contributed by atoms with E-state index in [0.717, 1.165) is 32.5 Å². The lowest BCUT2D eigenvalue weighted by atomic mass is 10.1. The van der Waals surface area contributed by atoms with E-state index in [1.165, 1.54) is 0 Å². The Bertz CT molecular complexity index is 633. The molecule has 0 spiro atoms. The lowest BCUT2D eigenvalue weighted by molar-refractivity contribution is 0.262. The first kappa shape index (κ1) is 14.6. The third kappa shape index (κ3) is 3.39. The lowest BCUT2D eigenvalue weighted by Gasteiger charge is -2.13. The Balaban J connectivity index is 2.13. The number of rotatable bonds is 2. The van der Waals surface area contributed by atoms with E-state index in [9.17, 15) is 4.79 Å². The van der Waals surface area contributed by atoms with E-state index in [2.05, 4.69) is 26.6 Å². The van der Waals surface area contributed by atoms with Crippen LogP contribution in [-0.4, -0.2) is 6.03 Å². The van der Waals surface area contributed by atoms with Crippen LogP contribution in [0.2, 0.25) is 0 Å². The van der Waals surface area contributed by atoms with Crippen LogP contribution in [0.4, 0.5) is 16.2 Å². The van der Waals surface area contributed by atoms with Gasteiger partial charge in [0.05, 0.1) is 5.69 Å². The van der Waals surface area contributed by atoms with Gasteiger partial charge >= 0.3 is 6.03 Å². The summed E-state index contributed by atoms with van der Waals surface area (Å²) >= 11 is 3.45. The summed E-state index contributed by atoms with van der Waals surface area (Å²) in [6, 6.07) is 11.5. The SMILES string of the molecule is Cc1ccc(NC(=O)Nc2c(C)cccc2C)c(Br)c1. The van der Waals surface area contributed by atoms with Crippen LogP contribution in [0.1, 0.15) is 16.7 Å². The summed E-state index contributed by atoms with van der Waals surface area (Å²) in [5, 5.41) is 5.74. The molecule has 0 unspecified atom stereocenters. The summed E-state index contributed by atoms with van der Waals surface area (Å²) < 4.78 is 0.870. The van der Waals surface area contributed by atoms with Gasteiger partial charge in [0.15, 0.2) is 0 Å². The molecule has 0 aliphatic rings. The summed E-state index contributed by atoms with van der Waals surface area (Å²) in [4.78, 5) is 12.1. The predicted octanol–water partition coefficient (Wildman–Crippen LogP) is 5.02. The van der Waals surface area contributed by atoms with Gasteiger partial charge in [0.1, 0.15) is 0 Å². The number of carbonyl (C=O) groups excluding carboxylic acids is 1. The maximum atomic E-state index is 12.1. The first-order valence-electron chi connectivity index (χ1n) is 6.38. The van der Waals surface area contributed by atoms with Gasteiger partial charge in [-0.2, -0.15) is 0 Å². The van der Waals surface area contributed by atoms with Gasteiger partial charge in [-0.05, 0) is 65.5 Å². The van der Waals surface area contributed by atoms with Crippen LogP contribution in [0.25, 0.3) is 0 Å². The van der Waals surface area contributed by atoms with Gasteiger partial charge in [0.2, 0.25) is 0 Å². The minimum absolute atomic E-state index is 0.244. The second kappa shape index (κ2) is 6.09. The maximum absolute atomic E-state index is 12.1. The first-order valence-corrected chi connectivity index (χ1v) is 7.17. The molecule has 0 aliphatic heterocycles. The average molecular weight is 333 g/mol. The van der Waals surface area contributed by atoms with Crippen LogP contribution in [0, 0.1) is 20.8 Å². The highest BCUT2D eigenvalue weighted by molar-refractivity contribution is 9.10. The lowest BCUT2D eigenvalue weighted by Crippen LogP contribution is -2.20. The molecule has 0 radical (unpaired) electrons. The molecule has 2 N–H and O–H groups in total. The number of carbonyl (C=O) groups is 1. The van der Waals surface area contributed by atoms with Crippen molar-refractivity contribution in [3.05, 3.63) is 57.6 Å². The molecule has 3 nitrogen and oxygen atoms in total. The van der Waals surface area contributed by atoms with E-state index < -0.39 is 0 Å². The molecule has 0 heterocycles. The molecular formula is C16H17BrN2O. The first-order chi connectivity index (χ1) is 9.47. The molecular weight excluding hydrogens is 316 g/mol. The van der Waals surface area contributed by atoms with E-state index in [1.807, 2.05) is 57.2 Å². The van der Waals surface area contributed by atoms with Crippen LogP contribution < -0.4 is 10.6 Å². The van der Waals surface area contributed by atoms with Crippen molar-refractivity contribution in [1.82, 2.24) is 0 Å². The van der Waals surface area contributed by atoms with E-state index in [-0.39, 0.29) is 6.03 Å². The molecule has 2 aromatic carbocycles. The Labute approximate surface area is 127 Å². The second-order valence-corrected chi connectivity index (χ2v) is 5.68. The number of amides is 2. The van der Waals surface area contributed by atoms with E-state index in [0.29, 0.717) is 0 Å². The number of benzene rings is 2. The topological polar surface area (TPSA) is 41.1 Å². The Morgan fingerprint density at radius 3 is 2.25 bits per heavy atom. The van der Waals surface area contributed by atoms with Gasteiger partial charge in [-0.25, -0.2) is 4.79 Å². The normalized spacial score (nSPS) is 10.2. The molecule has 104 valence electrons. The smallest absolute Gasteiger partial charge is 0.307 e. The predicted molar refractivity (Wildman–Crippen MR) is 87.4 cm³/mol. The quantitative estimate of drug-likeness (QED) is 0.796. The molecule has 0 fully saturated rings. The zero-order valence-corrected chi connectivity index (χ0v) is 13.3. The Morgan fingerprint density at radius 2 is 1.65 bits per heavy atom. The molecule has 0 bridgehead atoms. The highest BCUT2D eigenvalue weighted by atomic mass is 79.9. The maximum Gasteiger partial charge on any atom is 0.323 e. The zero-order valence-electron chi connectivity index (χ0n) is 11.8. The third-order valence-electron chi connectivity index (χ3n) is 3.09. The number of hydrogen-bond acceptors (Lipinski definition) is 1. The van der Waals surface area contributed by atoms with E-state index >= 15 is 0 Å². The van der Waals surface area contributed by atoms with Gasteiger partial charge in [-0.3, -0.25) is 0 Å². The summed E-state index contributed by atoms with van der Waals surface area (Å²) in [7, 11) is 0. The molecule has 0 atom stereocenters. The second-order valence-electron chi connectivity index (χ2n) is 4.83. The fourth-order valence-corrected chi connectivity index (χ4v) is 2.59. The number of nitrogens with one attached hydrogen (secondary N) is 2. The molecule has 0 aliphatic carbocycles. The number of hydrogen-bond donors (Lipinski definition) is 2. The Hall–Kier alpha value is -1.81. The Kier molecular flexibility index (Phi) is 4.45. The molecule has 0 aromatic heterocycles. The van der Waals surface area contributed by atoms with Crippen LogP contribution >= 0.6 is 15.9 Å². The molecule has 2 rings (SSSR count). The van der Waals surface area contributed by atoms with Gasteiger partial charge in [0.25, 0.3) is 0 Å². The summed E-state index contributed by atoms with van der Waals surface area (Å²) in [6.45, 7) is 5.96. The highest BCUT2D eigenvalue weighted by Gasteiger charge is 2.08. The summed E-state index contributed by atoms with van der Waals surface area (Å²) in [5.41, 5.74) is 4.83. The number of aryl methyl sites for hydroxylation is 3. The molecule has 2 amide bonds. The molecule has 2 aromatic rings. The van der Waals surface area contributed by atoms with Crippen molar-refractivity contribution in [1.29, 1.82) is 0 Å². The molecule has 4 heteroatoms. The monoisotopic (exact) mass is 332 g/mol. The number of para-hydroxylation sites is 1. The zero-order chi connectivity index (χ0) is 14.7. The average Bonchev–Trinajstić information content (AvgIpc) is 2.37.